The molecule has 0 radical (unpaired) electrons. The molecule has 4 atom stereocenters. The highest BCUT2D eigenvalue weighted by molar-refractivity contribution is 14.1. The van der Waals surface area contributed by atoms with Crippen LogP contribution < -0.4 is 5.32 Å². The second-order valence-electron chi connectivity index (χ2n) is 8.18. The lowest BCUT2D eigenvalue weighted by atomic mass is 10.1. The van der Waals surface area contributed by atoms with Crippen LogP contribution in [0.3, 0.4) is 0 Å². The van der Waals surface area contributed by atoms with Crippen LogP contribution >= 0.6 is 22.6 Å². The number of benzene rings is 2. The zero-order chi connectivity index (χ0) is 25.4. The van der Waals surface area contributed by atoms with Gasteiger partial charge >= 0.3 is 5.97 Å². The van der Waals surface area contributed by atoms with Gasteiger partial charge in [0.15, 0.2) is 18.5 Å². The molecule has 0 aliphatic carbocycles. The predicted molar refractivity (Wildman–Crippen MR) is 136 cm³/mol. The number of carbonyl (C=O) groups is 2. The average Bonchev–Trinajstić information content (AvgIpc) is 3.36. The monoisotopic (exact) mass is 602 g/mol. The lowest BCUT2D eigenvalue weighted by molar-refractivity contribution is -0.146. The van der Waals surface area contributed by atoms with Crippen molar-refractivity contribution in [2.45, 2.75) is 31.7 Å². The number of hydrogen-bond acceptors (Lipinski definition) is 7. The molecular weight excluding hydrogens is 582 g/mol. The van der Waals surface area contributed by atoms with Crippen molar-refractivity contribution in [3.8, 4) is 0 Å². The number of fused-ring (bicyclic) bond motifs is 1. The molecular formula is C25H20FIN4O5. The molecule has 1 aliphatic rings. The first-order valence-corrected chi connectivity index (χ1v) is 12.0. The summed E-state index contributed by atoms with van der Waals surface area (Å²) in [4.78, 5) is 33.7. The number of rotatable bonds is 5. The minimum Gasteiger partial charge on any atom is -0.429 e. The Balaban J connectivity index is 1.41. The van der Waals surface area contributed by atoms with Gasteiger partial charge in [-0.25, -0.2) is 19.2 Å². The molecule has 2 aromatic carbocycles. The van der Waals surface area contributed by atoms with E-state index in [1.165, 1.54) is 10.9 Å². The smallest absolute Gasteiger partial charge is 0.340 e. The van der Waals surface area contributed by atoms with Crippen molar-refractivity contribution in [1.82, 2.24) is 14.5 Å². The van der Waals surface area contributed by atoms with Gasteiger partial charge in [-0.1, -0.05) is 36.4 Å². The van der Waals surface area contributed by atoms with E-state index in [1.54, 1.807) is 67.7 Å². The zero-order valence-electron chi connectivity index (χ0n) is 18.8. The van der Waals surface area contributed by atoms with E-state index in [0.29, 0.717) is 25.6 Å². The Morgan fingerprint density at radius 2 is 1.86 bits per heavy atom. The van der Waals surface area contributed by atoms with E-state index in [4.69, 9.17) is 9.47 Å². The Bertz CT molecular complexity index is 1450. The molecule has 4 aromatic rings. The second-order valence-corrected chi connectivity index (χ2v) is 9.34. The van der Waals surface area contributed by atoms with E-state index in [9.17, 15) is 14.7 Å². The van der Waals surface area contributed by atoms with Crippen LogP contribution in [0.2, 0.25) is 0 Å². The van der Waals surface area contributed by atoms with Crippen molar-refractivity contribution >= 4 is 51.3 Å². The third-order valence-corrected chi connectivity index (χ3v) is 6.66. The van der Waals surface area contributed by atoms with Crippen LogP contribution in [0.25, 0.3) is 11.0 Å². The number of nitrogens with one attached hydrogen (secondary N) is 1. The summed E-state index contributed by atoms with van der Waals surface area (Å²) in [5, 5.41) is 13.7. The maximum absolute atomic E-state index is 15.2. The molecule has 1 saturated heterocycles. The highest BCUT2D eigenvalue weighted by Gasteiger charge is 2.48. The normalized spacial score (nSPS) is 21.4. The SMILES string of the molecule is Cc1ccccc1C(=O)O[C@H]1O[C@@H](n2cc(I)c3c(NC(=O)c4ccccc4)ncnc32)[C@@H](F)[C@@H]1O. The highest BCUT2D eigenvalue weighted by atomic mass is 127. The summed E-state index contributed by atoms with van der Waals surface area (Å²) >= 11 is 2.02. The number of amides is 1. The summed E-state index contributed by atoms with van der Waals surface area (Å²) in [5.74, 6) is -0.850. The van der Waals surface area contributed by atoms with Gasteiger partial charge in [0, 0.05) is 15.3 Å². The first-order valence-electron chi connectivity index (χ1n) is 11.0. The van der Waals surface area contributed by atoms with Gasteiger partial charge in [0.05, 0.1) is 10.9 Å². The molecule has 2 N–H and O–H groups in total. The number of aryl methyl sites for hydroxylation is 1. The molecule has 9 nitrogen and oxygen atoms in total. The fourth-order valence-corrected chi connectivity index (χ4v) is 4.79. The minimum atomic E-state index is -1.91. The van der Waals surface area contributed by atoms with E-state index in [-0.39, 0.29) is 17.4 Å². The molecule has 0 bridgehead atoms. The summed E-state index contributed by atoms with van der Waals surface area (Å²) in [6, 6.07) is 15.4. The highest BCUT2D eigenvalue weighted by Crippen LogP contribution is 2.37. The number of carbonyl (C=O) groups excluding carboxylic acids is 2. The van der Waals surface area contributed by atoms with E-state index in [0.717, 1.165) is 0 Å². The molecule has 0 saturated carbocycles. The van der Waals surface area contributed by atoms with Gasteiger partial charge in [-0.05, 0) is 53.3 Å². The Kier molecular flexibility index (Phi) is 6.69. The molecule has 1 aliphatic heterocycles. The molecule has 1 amide bonds. The summed E-state index contributed by atoms with van der Waals surface area (Å²) in [7, 11) is 0. The largest absolute Gasteiger partial charge is 0.429 e. The Labute approximate surface area is 218 Å². The number of alkyl halides is 1. The van der Waals surface area contributed by atoms with Gasteiger partial charge in [-0.15, -0.1) is 0 Å². The molecule has 1 fully saturated rings. The minimum absolute atomic E-state index is 0.244. The number of aliphatic hydroxyl groups excluding tert-OH is 1. The maximum Gasteiger partial charge on any atom is 0.340 e. The number of ether oxygens (including phenoxy) is 2. The fraction of sp³-hybridized carbons (Fsp3) is 0.200. The topological polar surface area (TPSA) is 116 Å². The molecule has 184 valence electrons. The van der Waals surface area contributed by atoms with Crippen LogP contribution in [-0.4, -0.2) is 50.1 Å². The quantitative estimate of drug-likeness (QED) is 0.262. The number of anilines is 1. The van der Waals surface area contributed by atoms with Crippen LogP contribution in [-0.2, 0) is 9.47 Å². The van der Waals surface area contributed by atoms with Crippen LogP contribution in [0.4, 0.5) is 10.2 Å². The van der Waals surface area contributed by atoms with Gasteiger partial charge in [0.1, 0.15) is 17.8 Å². The summed E-state index contributed by atoms with van der Waals surface area (Å²) in [5.41, 5.74) is 1.70. The van der Waals surface area contributed by atoms with Crippen molar-refractivity contribution in [3.63, 3.8) is 0 Å². The zero-order valence-corrected chi connectivity index (χ0v) is 21.0. The lowest BCUT2D eigenvalue weighted by Crippen LogP contribution is -2.32. The number of hydrogen-bond donors (Lipinski definition) is 2. The Morgan fingerprint density at radius 1 is 1.14 bits per heavy atom. The number of aliphatic hydroxyl groups is 1. The standard InChI is InChI=1S/C25H20FIN4O5/c1-13-7-5-6-10-15(13)24(34)36-25-19(32)18(26)23(35-25)31-11-16(27)17-20(28-12-29-21(17)31)30-22(33)14-8-3-2-4-9-14/h2-12,18-19,23,25,32H,1H3,(H,28,29,30,33)/t18-,19-,23+,25+/m0/s1. The van der Waals surface area contributed by atoms with Crippen molar-refractivity contribution in [2.24, 2.45) is 0 Å². The molecule has 0 unspecified atom stereocenters. The first kappa shape index (κ1) is 24.3. The van der Waals surface area contributed by atoms with E-state index in [1.807, 2.05) is 22.6 Å². The third-order valence-electron chi connectivity index (χ3n) is 5.84. The summed E-state index contributed by atoms with van der Waals surface area (Å²) in [6.45, 7) is 1.74. The van der Waals surface area contributed by atoms with Crippen LogP contribution in [0, 0.1) is 10.5 Å². The number of halogens is 2. The van der Waals surface area contributed by atoms with Crippen LogP contribution in [0.1, 0.15) is 32.5 Å². The summed E-state index contributed by atoms with van der Waals surface area (Å²) in [6.07, 6.45) is -3.66. The molecule has 0 spiro atoms. The van der Waals surface area contributed by atoms with Crippen molar-refractivity contribution < 1.29 is 28.6 Å². The second kappa shape index (κ2) is 9.91. The van der Waals surface area contributed by atoms with Crippen molar-refractivity contribution in [3.05, 3.63) is 87.4 Å². The summed E-state index contributed by atoms with van der Waals surface area (Å²) < 4.78 is 28.2. The molecule has 36 heavy (non-hydrogen) atoms. The van der Waals surface area contributed by atoms with Gasteiger partial charge < -0.3 is 24.5 Å². The lowest BCUT2D eigenvalue weighted by Gasteiger charge is -2.17. The predicted octanol–water partition coefficient (Wildman–Crippen LogP) is 4.01. The van der Waals surface area contributed by atoms with E-state index >= 15 is 4.39 Å². The van der Waals surface area contributed by atoms with Crippen LogP contribution in [0.5, 0.6) is 0 Å². The molecule has 5 rings (SSSR count). The number of aromatic nitrogens is 3. The van der Waals surface area contributed by atoms with E-state index in [2.05, 4.69) is 15.3 Å². The van der Waals surface area contributed by atoms with Gasteiger partial charge in [0.2, 0.25) is 6.29 Å². The van der Waals surface area contributed by atoms with Gasteiger partial charge in [-0.2, -0.15) is 0 Å². The van der Waals surface area contributed by atoms with Gasteiger partial charge in [-0.3, -0.25) is 4.79 Å². The van der Waals surface area contributed by atoms with Crippen molar-refractivity contribution in [2.75, 3.05) is 5.32 Å². The van der Waals surface area contributed by atoms with E-state index < -0.39 is 30.8 Å². The first-order chi connectivity index (χ1) is 17.3. The van der Waals surface area contributed by atoms with Crippen molar-refractivity contribution in [1.29, 1.82) is 0 Å². The maximum atomic E-state index is 15.2. The molecule has 3 heterocycles. The number of esters is 1. The van der Waals surface area contributed by atoms with Gasteiger partial charge in [0.25, 0.3) is 5.91 Å². The van der Waals surface area contributed by atoms with Crippen LogP contribution in [0.15, 0.2) is 67.1 Å². The number of nitrogens with zero attached hydrogens (tertiary/aromatic N) is 3. The molecule has 2 aromatic heterocycles. The Morgan fingerprint density at radius 3 is 2.61 bits per heavy atom. The molecule has 11 heteroatoms. The average molecular weight is 602 g/mol. The Hall–Kier alpha value is -3.42. The fourth-order valence-electron chi connectivity index (χ4n) is 4.00. The third kappa shape index (κ3) is 4.45.